The van der Waals surface area contributed by atoms with Crippen LogP contribution >= 0.6 is 23.2 Å². The van der Waals surface area contributed by atoms with Crippen molar-refractivity contribution in [3.05, 3.63) is 58.3 Å². The van der Waals surface area contributed by atoms with Crippen LogP contribution in [0.3, 0.4) is 0 Å². The molecule has 0 amide bonds. The molecule has 4 rings (SSSR count). The SMILES string of the molecule is O=C(OCC1CCC(n2cc(F)c3c(Cl)ncnc32)O1)c1ccc(Cl)cc1. The van der Waals surface area contributed by atoms with Gasteiger partial charge in [-0.05, 0) is 37.1 Å². The summed E-state index contributed by atoms with van der Waals surface area (Å²) in [5, 5.41) is 0.770. The van der Waals surface area contributed by atoms with Gasteiger partial charge in [-0.2, -0.15) is 0 Å². The lowest BCUT2D eigenvalue weighted by molar-refractivity contribution is -0.0308. The van der Waals surface area contributed by atoms with Gasteiger partial charge in [0.1, 0.15) is 30.0 Å². The monoisotopic (exact) mass is 409 g/mol. The highest BCUT2D eigenvalue weighted by atomic mass is 35.5. The normalized spacial score (nSPS) is 19.5. The lowest BCUT2D eigenvalue weighted by Gasteiger charge is -2.16. The molecule has 0 N–H and O–H groups in total. The first-order valence-corrected chi connectivity index (χ1v) is 9.03. The summed E-state index contributed by atoms with van der Waals surface area (Å²) in [5.74, 6) is -0.951. The van der Waals surface area contributed by atoms with Crippen molar-refractivity contribution in [2.75, 3.05) is 6.61 Å². The molecule has 0 saturated carbocycles. The van der Waals surface area contributed by atoms with Gasteiger partial charge >= 0.3 is 5.97 Å². The van der Waals surface area contributed by atoms with Crippen molar-refractivity contribution in [2.24, 2.45) is 0 Å². The predicted molar refractivity (Wildman–Crippen MR) is 97.4 cm³/mol. The van der Waals surface area contributed by atoms with Crippen LogP contribution in [0.15, 0.2) is 36.8 Å². The van der Waals surface area contributed by atoms with E-state index in [1.165, 1.54) is 12.5 Å². The quantitative estimate of drug-likeness (QED) is 0.471. The Balaban J connectivity index is 1.41. The molecule has 6 nitrogen and oxygen atoms in total. The lowest BCUT2D eigenvalue weighted by Crippen LogP contribution is -2.19. The number of nitrogens with zero attached hydrogens (tertiary/aromatic N) is 3. The summed E-state index contributed by atoms with van der Waals surface area (Å²) >= 11 is 11.8. The third-order valence-corrected chi connectivity index (χ3v) is 4.93. The minimum atomic E-state index is -0.503. The number of benzene rings is 1. The van der Waals surface area contributed by atoms with Crippen LogP contribution in [0, 0.1) is 5.82 Å². The Hall–Kier alpha value is -2.22. The van der Waals surface area contributed by atoms with E-state index in [0.717, 1.165) is 0 Å². The smallest absolute Gasteiger partial charge is 0.338 e. The minimum Gasteiger partial charge on any atom is -0.459 e. The molecule has 1 saturated heterocycles. The van der Waals surface area contributed by atoms with E-state index in [1.807, 2.05) is 0 Å². The van der Waals surface area contributed by atoms with E-state index in [9.17, 15) is 9.18 Å². The first kappa shape index (κ1) is 18.2. The van der Waals surface area contributed by atoms with Crippen molar-refractivity contribution in [2.45, 2.75) is 25.2 Å². The van der Waals surface area contributed by atoms with Gasteiger partial charge in [-0.1, -0.05) is 23.2 Å². The number of fused-ring (bicyclic) bond motifs is 1. The Bertz CT molecular complexity index is 993. The second kappa shape index (κ2) is 7.42. The summed E-state index contributed by atoms with van der Waals surface area (Å²) in [4.78, 5) is 20.0. The van der Waals surface area contributed by atoms with E-state index in [2.05, 4.69) is 9.97 Å². The highest BCUT2D eigenvalue weighted by Gasteiger charge is 2.30. The molecule has 9 heteroatoms. The van der Waals surface area contributed by atoms with Gasteiger partial charge in [-0.25, -0.2) is 19.2 Å². The molecule has 2 unspecified atom stereocenters. The Morgan fingerprint density at radius 2 is 2.04 bits per heavy atom. The first-order chi connectivity index (χ1) is 13.0. The van der Waals surface area contributed by atoms with Gasteiger partial charge in [0.2, 0.25) is 0 Å². The van der Waals surface area contributed by atoms with Gasteiger partial charge in [0, 0.05) is 11.2 Å². The second-order valence-corrected chi connectivity index (χ2v) is 6.94. The summed E-state index contributed by atoms with van der Waals surface area (Å²) in [6.07, 6.45) is 3.18. The molecule has 1 aromatic carbocycles. The number of halogens is 3. The molecular weight excluding hydrogens is 396 g/mol. The standard InChI is InChI=1S/C18H14Cl2FN3O3/c19-11-3-1-10(2-4-11)18(25)26-8-12-5-6-14(27-12)24-7-13(21)15-16(20)22-9-23-17(15)24/h1-4,7,9,12,14H,5-6,8H2. The van der Waals surface area contributed by atoms with E-state index in [4.69, 9.17) is 32.7 Å². The molecule has 27 heavy (non-hydrogen) atoms. The number of esters is 1. The number of carbonyl (C=O) groups excluding carboxylic acids is 1. The third kappa shape index (κ3) is 3.63. The second-order valence-electron chi connectivity index (χ2n) is 6.14. The topological polar surface area (TPSA) is 66.2 Å². The summed E-state index contributed by atoms with van der Waals surface area (Å²) < 4.78 is 27.0. The molecule has 0 bridgehead atoms. The maximum atomic E-state index is 14.2. The average Bonchev–Trinajstić information content (AvgIpc) is 3.25. The van der Waals surface area contributed by atoms with E-state index >= 15 is 0 Å². The van der Waals surface area contributed by atoms with Gasteiger partial charge in [0.05, 0.1) is 17.1 Å². The fourth-order valence-corrected chi connectivity index (χ4v) is 3.42. The first-order valence-electron chi connectivity index (χ1n) is 8.27. The molecule has 2 aromatic heterocycles. The highest BCUT2D eigenvalue weighted by Crippen LogP contribution is 2.33. The van der Waals surface area contributed by atoms with E-state index in [1.54, 1.807) is 28.8 Å². The van der Waals surface area contributed by atoms with Crippen LogP contribution in [0.2, 0.25) is 10.2 Å². The van der Waals surface area contributed by atoms with Crippen LogP contribution < -0.4 is 0 Å². The van der Waals surface area contributed by atoms with Crippen LogP contribution in [0.5, 0.6) is 0 Å². The maximum absolute atomic E-state index is 14.2. The van der Waals surface area contributed by atoms with E-state index < -0.39 is 18.0 Å². The molecular formula is C18H14Cl2FN3O3. The molecule has 1 fully saturated rings. The van der Waals surface area contributed by atoms with Crippen LogP contribution in [0.4, 0.5) is 4.39 Å². The molecule has 0 radical (unpaired) electrons. The Morgan fingerprint density at radius 3 is 2.81 bits per heavy atom. The fraction of sp³-hybridized carbons (Fsp3) is 0.278. The largest absolute Gasteiger partial charge is 0.459 e. The number of carbonyl (C=O) groups is 1. The third-order valence-electron chi connectivity index (χ3n) is 4.39. The molecule has 0 spiro atoms. The number of hydrogen-bond donors (Lipinski definition) is 0. The molecule has 1 aliphatic heterocycles. The van der Waals surface area contributed by atoms with Crippen molar-refractivity contribution in [1.82, 2.24) is 14.5 Å². The van der Waals surface area contributed by atoms with Crippen molar-refractivity contribution in [3.8, 4) is 0 Å². The zero-order valence-corrected chi connectivity index (χ0v) is 15.5. The summed E-state index contributed by atoms with van der Waals surface area (Å²) in [6, 6.07) is 6.44. The van der Waals surface area contributed by atoms with Gasteiger partial charge in [-0.3, -0.25) is 0 Å². The van der Waals surface area contributed by atoms with Crippen molar-refractivity contribution < 1.29 is 18.7 Å². The maximum Gasteiger partial charge on any atom is 0.338 e. The molecule has 0 aliphatic carbocycles. The summed E-state index contributed by atoms with van der Waals surface area (Å²) in [5.41, 5.74) is 0.787. The van der Waals surface area contributed by atoms with Gasteiger partial charge in [0.15, 0.2) is 5.82 Å². The number of hydrogen-bond acceptors (Lipinski definition) is 5. The molecule has 3 heterocycles. The van der Waals surface area contributed by atoms with Crippen LogP contribution in [0.1, 0.15) is 29.4 Å². The van der Waals surface area contributed by atoms with Crippen LogP contribution in [0.25, 0.3) is 11.0 Å². The highest BCUT2D eigenvalue weighted by molar-refractivity contribution is 6.34. The average molecular weight is 410 g/mol. The lowest BCUT2D eigenvalue weighted by atomic mass is 10.2. The number of rotatable bonds is 4. The van der Waals surface area contributed by atoms with Crippen LogP contribution in [-0.2, 0) is 9.47 Å². The Labute approximate surface area is 163 Å². The van der Waals surface area contributed by atoms with E-state index in [0.29, 0.717) is 29.1 Å². The Kier molecular flexibility index (Phi) is 4.99. The minimum absolute atomic E-state index is 0.0580. The van der Waals surface area contributed by atoms with Gasteiger partial charge in [-0.15, -0.1) is 0 Å². The van der Waals surface area contributed by atoms with Crippen LogP contribution in [-0.4, -0.2) is 33.2 Å². The zero-order valence-electron chi connectivity index (χ0n) is 13.9. The molecule has 1 aliphatic rings. The van der Waals surface area contributed by atoms with Gasteiger partial charge in [0.25, 0.3) is 0 Å². The summed E-state index contributed by atoms with van der Waals surface area (Å²) in [6.45, 7) is 0.107. The summed E-state index contributed by atoms with van der Waals surface area (Å²) in [7, 11) is 0. The fourth-order valence-electron chi connectivity index (χ4n) is 3.08. The van der Waals surface area contributed by atoms with Crippen molar-refractivity contribution >= 4 is 40.2 Å². The predicted octanol–water partition coefficient (Wildman–Crippen LogP) is 4.41. The molecule has 2 atom stereocenters. The number of ether oxygens (including phenoxy) is 2. The van der Waals surface area contributed by atoms with Gasteiger partial charge < -0.3 is 14.0 Å². The van der Waals surface area contributed by atoms with E-state index in [-0.39, 0.29) is 23.3 Å². The molecule has 140 valence electrons. The Morgan fingerprint density at radius 1 is 1.26 bits per heavy atom. The van der Waals surface area contributed by atoms with Crippen molar-refractivity contribution in [1.29, 1.82) is 0 Å². The molecule has 3 aromatic rings. The number of aromatic nitrogens is 3. The van der Waals surface area contributed by atoms with Crippen molar-refractivity contribution in [3.63, 3.8) is 0 Å². The zero-order chi connectivity index (χ0) is 19.0.